The van der Waals surface area contributed by atoms with E-state index in [0.717, 1.165) is 6.92 Å². The smallest absolute Gasteiger partial charge is 0.419 e. The molecule has 0 amide bonds. The molecule has 0 atom stereocenters. The summed E-state index contributed by atoms with van der Waals surface area (Å²) in [5.41, 5.74) is -2.06. The van der Waals surface area contributed by atoms with E-state index < -0.39 is 34.7 Å². The summed E-state index contributed by atoms with van der Waals surface area (Å²) in [6.45, 7) is 1.02. The number of halogens is 4. The minimum atomic E-state index is -4.89. The van der Waals surface area contributed by atoms with E-state index in [-0.39, 0.29) is 6.07 Å². The first-order chi connectivity index (χ1) is 6.73. The highest BCUT2D eigenvalue weighted by molar-refractivity contribution is 5.96. The number of phenols is 1. The lowest BCUT2D eigenvalue weighted by atomic mass is 10.1. The fourth-order valence-electron chi connectivity index (χ4n) is 1.06. The Balaban J connectivity index is 3.39. The van der Waals surface area contributed by atoms with Crippen molar-refractivity contribution in [2.75, 3.05) is 0 Å². The highest BCUT2D eigenvalue weighted by atomic mass is 19.4. The number of alkyl halides is 3. The Bertz CT molecular complexity index is 409. The topological polar surface area (TPSA) is 37.3 Å². The molecule has 1 rings (SSSR count). The van der Waals surface area contributed by atoms with Gasteiger partial charge < -0.3 is 5.11 Å². The second-order valence-electron chi connectivity index (χ2n) is 2.90. The Kier molecular flexibility index (Phi) is 2.70. The Morgan fingerprint density at radius 3 is 2.27 bits per heavy atom. The predicted octanol–water partition coefficient (Wildman–Crippen LogP) is 2.75. The quantitative estimate of drug-likeness (QED) is 0.586. The SMILES string of the molecule is CC(=O)c1cc(F)c(C(F)(F)F)cc1O. The van der Waals surface area contributed by atoms with Gasteiger partial charge in [0.05, 0.1) is 11.1 Å². The molecule has 15 heavy (non-hydrogen) atoms. The maximum absolute atomic E-state index is 12.9. The first-order valence-electron chi connectivity index (χ1n) is 3.84. The van der Waals surface area contributed by atoms with Gasteiger partial charge >= 0.3 is 6.18 Å². The molecule has 0 saturated carbocycles. The van der Waals surface area contributed by atoms with Crippen LogP contribution < -0.4 is 0 Å². The normalized spacial score (nSPS) is 11.5. The van der Waals surface area contributed by atoms with E-state index in [4.69, 9.17) is 5.11 Å². The molecule has 0 aliphatic carbocycles. The van der Waals surface area contributed by atoms with Gasteiger partial charge in [-0.25, -0.2) is 4.39 Å². The zero-order chi connectivity index (χ0) is 11.8. The van der Waals surface area contributed by atoms with Crippen LogP contribution in [0.3, 0.4) is 0 Å². The third kappa shape index (κ3) is 2.26. The molecule has 82 valence electrons. The van der Waals surface area contributed by atoms with Crippen molar-refractivity contribution in [2.45, 2.75) is 13.1 Å². The molecule has 0 bridgehead atoms. The van der Waals surface area contributed by atoms with Crippen LogP contribution in [-0.2, 0) is 6.18 Å². The summed E-state index contributed by atoms with van der Waals surface area (Å²) in [5.74, 6) is -3.16. The van der Waals surface area contributed by atoms with E-state index in [0.29, 0.717) is 6.07 Å². The van der Waals surface area contributed by atoms with Crippen molar-refractivity contribution in [2.24, 2.45) is 0 Å². The van der Waals surface area contributed by atoms with Crippen molar-refractivity contribution < 1.29 is 27.5 Å². The number of hydrogen-bond acceptors (Lipinski definition) is 2. The summed E-state index contributed by atoms with van der Waals surface area (Å²) in [7, 11) is 0. The second-order valence-corrected chi connectivity index (χ2v) is 2.90. The zero-order valence-corrected chi connectivity index (χ0v) is 7.52. The van der Waals surface area contributed by atoms with E-state index in [2.05, 4.69) is 0 Å². The van der Waals surface area contributed by atoms with Crippen molar-refractivity contribution in [1.82, 2.24) is 0 Å². The summed E-state index contributed by atoms with van der Waals surface area (Å²) in [5, 5.41) is 9.06. The van der Waals surface area contributed by atoms with Crippen LogP contribution in [0.5, 0.6) is 5.75 Å². The second kappa shape index (κ2) is 3.52. The van der Waals surface area contributed by atoms with Crippen LogP contribution in [0.4, 0.5) is 17.6 Å². The number of carbonyl (C=O) groups excluding carboxylic acids is 1. The molecule has 0 spiro atoms. The van der Waals surface area contributed by atoms with Crippen molar-refractivity contribution in [3.63, 3.8) is 0 Å². The third-order valence-corrected chi connectivity index (χ3v) is 1.77. The number of aromatic hydroxyl groups is 1. The Labute approximate surface area is 82.1 Å². The van der Waals surface area contributed by atoms with Crippen LogP contribution in [0.25, 0.3) is 0 Å². The first-order valence-corrected chi connectivity index (χ1v) is 3.84. The number of hydrogen-bond donors (Lipinski definition) is 1. The van der Waals surface area contributed by atoms with Crippen molar-refractivity contribution in [3.05, 3.63) is 29.1 Å². The lowest BCUT2D eigenvalue weighted by molar-refractivity contribution is -0.140. The van der Waals surface area contributed by atoms with Gasteiger partial charge in [0.1, 0.15) is 11.6 Å². The standard InChI is InChI=1S/C9H6F4O2/c1-4(14)5-2-7(10)6(3-8(5)15)9(11,12)13/h2-3,15H,1H3. The summed E-state index contributed by atoms with van der Waals surface area (Å²) < 4.78 is 49.3. The molecule has 0 aliphatic heterocycles. The number of benzene rings is 1. The van der Waals surface area contributed by atoms with E-state index in [1.165, 1.54) is 0 Å². The Hall–Kier alpha value is -1.59. The molecule has 0 saturated heterocycles. The van der Waals surface area contributed by atoms with Gasteiger partial charge in [0.25, 0.3) is 0 Å². The van der Waals surface area contributed by atoms with Gasteiger partial charge in [-0.3, -0.25) is 4.79 Å². The monoisotopic (exact) mass is 222 g/mol. The number of rotatable bonds is 1. The molecule has 0 aliphatic rings. The highest BCUT2D eigenvalue weighted by Crippen LogP contribution is 2.34. The van der Waals surface area contributed by atoms with Crippen LogP contribution >= 0.6 is 0 Å². The number of Topliss-reactive ketones (excluding diaryl/α,β-unsaturated/α-hetero) is 1. The molecule has 0 aromatic heterocycles. The zero-order valence-electron chi connectivity index (χ0n) is 7.52. The van der Waals surface area contributed by atoms with Crippen LogP contribution in [0.15, 0.2) is 12.1 Å². The Morgan fingerprint density at radius 1 is 1.33 bits per heavy atom. The third-order valence-electron chi connectivity index (χ3n) is 1.77. The molecular formula is C9H6F4O2. The van der Waals surface area contributed by atoms with Gasteiger partial charge in [-0.2, -0.15) is 13.2 Å². The van der Waals surface area contributed by atoms with Crippen LogP contribution in [0.1, 0.15) is 22.8 Å². The van der Waals surface area contributed by atoms with E-state index in [1.807, 2.05) is 0 Å². The molecule has 0 unspecified atom stereocenters. The van der Waals surface area contributed by atoms with Gasteiger partial charge in [-0.05, 0) is 19.1 Å². The van der Waals surface area contributed by atoms with Crippen molar-refractivity contribution in [1.29, 1.82) is 0 Å². The maximum atomic E-state index is 12.9. The van der Waals surface area contributed by atoms with E-state index >= 15 is 0 Å². The van der Waals surface area contributed by atoms with Crippen LogP contribution in [0.2, 0.25) is 0 Å². The molecule has 2 nitrogen and oxygen atoms in total. The van der Waals surface area contributed by atoms with Crippen LogP contribution in [0, 0.1) is 5.82 Å². The fraction of sp³-hybridized carbons (Fsp3) is 0.222. The average molecular weight is 222 g/mol. The molecule has 0 heterocycles. The minimum absolute atomic E-state index is 0.200. The van der Waals surface area contributed by atoms with Crippen molar-refractivity contribution >= 4 is 5.78 Å². The fourth-order valence-corrected chi connectivity index (χ4v) is 1.06. The molecular weight excluding hydrogens is 216 g/mol. The van der Waals surface area contributed by atoms with Gasteiger partial charge in [0.15, 0.2) is 5.78 Å². The number of ketones is 1. The molecule has 0 fully saturated rings. The predicted molar refractivity (Wildman–Crippen MR) is 43.1 cm³/mol. The molecule has 1 aromatic carbocycles. The molecule has 1 N–H and O–H groups in total. The van der Waals surface area contributed by atoms with Crippen molar-refractivity contribution in [3.8, 4) is 5.75 Å². The largest absolute Gasteiger partial charge is 0.507 e. The average Bonchev–Trinajstić information content (AvgIpc) is 2.06. The summed E-state index contributed by atoms with van der Waals surface area (Å²) >= 11 is 0. The van der Waals surface area contributed by atoms with E-state index in [9.17, 15) is 22.4 Å². The van der Waals surface area contributed by atoms with E-state index in [1.54, 1.807) is 0 Å². The van der Waals surface area contributed by atoms with Gasteiger partial charge in [0.2, 0.25) is 0 Å². The molecule has 6 heteroatoms. The lowest BCUT2D eigenvalue weighted by Crippen LogP contribution is -2.09. The molecule has 1 aromatic rings. The summed E-state index contributed by atoms with van der Waals surface area (Å²) in [4.78, 5) is 10.8. The summed E-state index contributed by atoms with van der Waals surface area (Å²) in [6, 6.07) is 0.576. The first kappa shape index (κ1) is 11.5. The van der Waals surface area contributed by atoms with Crippen LogP contribution in [-0.4, -0.2) is 10.9 Å². The lowest BCUT2D eigenvalue weighted by Gasteiger charge is -2.09. The highest BCUT2D eigenvalue weighted by Gasteiger charge is 2.35. The van der Waals surface area contributed by atoms with Gasteiger partial charge in [0, 0.05) is 0 Å². The van der Waals surface area contributed by atoms with Gasteiger partial charge in [-0.15, -0.1) is 0 Å². The summed E-state index contributed by atoms with van der Waals surface area (Å²) in [6.07, 6.45) is -4.89. The number of carbonyl (C=O) groups is 1. The molecule has 0 radical (unpaired) electrons. The Morgan fingerprint density at radius 2 is 1.87 bits per heavy atom. The van der Waals surface area contributed by atoms with Gasteiger partial charge in [-0.1, -0.05) is 0 Å². The maximum Gasteiger partial charge on any atom is 0.419 e. The number of phenolic OH excluding ortho intramolecular Hbond substituents is 1. The minimum Gasteiger partial charge on any atom is -0.507 e.